The van der Waals surface area contributed by atoms with Crippen LogP contribution in [0.2, 0.25) is 0 Å². The van der Waals surface area contributed by atoms with E-state index in [0.29, 0.717) is 23.7 Å². The second kappa shape index (κ2) is 8.78. The molecule has 0 spiro atoms. The number of ether oxygens (including phenoxy) is 2. The number of aromatic carboxylic acids is 1. The Labute approximate surface area is 175 Å². The van der Waals surface area contributed by atoms with Gasteiger partial charge in [-0.2, -0.15) is 0 Å². The van der Waals surface area contributed by atoms with Crippen LogP contribution in [0.5, 0.6) is 5.75 Å². The highest BCUT2D eigenvalue weighted by molar-refractivity contribution is 6.18. The number of hydrogen-bond donors (Lipinski definition) is 1. The number of carbonyl (C=O) groups is 2. The number of nitrogens with zero attached hydrogens (tertiary/aromatic N) is 1. The van der Waals surface area contributed by atoms with Gasteiger partial charge < -0.3 is 19.1 Å². The Balaban J connectivity index is 1.82. The monoisotopic (exact) mass is 409 g/mol. The Morgan fingerprint density at radius 1 is 1.07 bits per heavy atom. The molecule has 30 heavy (non-hydrogen) atoms. The Morgan fingerprint density at radius 3 is 2.47 bits per heavy atom. The number of esters is 1. The van der Waals surface area contributed by atoms with E-state index in [1.54, 1.807) is 18.2 Å². The molecule has 0 unspecified atom stereocenters. The molecule has 2 aromatic carbocycles. The lowest BCUT2D eigenvalue weighted by Gasteiger charge is -2.13. The van der Waals surface area contributed by atoms with Gasteiger partial charge in [-0.1, -0.05) is 31.9 Å². The molecule has 0 amide bonds. The standard InChI is InChI=1S/C24H27NO5/c1-2-13-29-21(26)15-30-20-12-6-11-19-23(20)22-17(24(27)28)9-5-10-18(22)25(19)14-16-7-3-4-8-16/h5-6,9-12,16H,2-4,7-8,13-15H2,1H3,(H,27,28). The highest BCUT2D eigenvalue weighted by atomic mass is 16.6. The quantitative estimate of drug-likeness (QED) is 0.529. The fraction of sp³-hybridized carbons (Fsp3) is 0.417. The molecule has 6 nitrogen and oxygen atoms in total. The van der Waals surface area contributed by atoms with Crippen molar-refractivity contribution in [2.45, 2.75) is 45.6 Å². The third kappa shape index (κ3) is 3.86. The van der Waals surface area contributed by atoms with Gasteiger partial charge in [-0.25, -0.2) is 9.59 Å². The fourth-order valence-electron chi connectivity index (χ4n) is 4.49. The van der Waals surface area contributed by atoms with Crippen LogP contribution >= 0.6 is 0 Å². The number of carbonyl (C=O) groups excluding carboxylic acids is 1. The summed E-state index contributed by atoms with van der Waals surface area (Å²) < 4.78 is 13.1. The molecule has 1 aliphatic carbocycles. The van der Waals surface area contributed by atoms with Crippen molar-refractivity contribution in [2.24, 2.45) is 5.92 Å². The van der Waals surface area contributed by atoms with Crippen molar-refractivity contribution in [1.82, 2.24) is 4.57 Å². The molecule has 0 radical (unpaired) electrons. The average molecular weight is 409 g/mol. The van der Waals surface area contributed by atoms with Crippen LogP contribution in [-0.2, 0) is 16.1 Å². The lowest BCUT2D eigenvalue weighted by atomic mass is 10.1. The van der Waals surface area contributed by atoms with Crippen molar-refractivity contribution in [3.8, 4) is 5.75 Å². The van der Waals surface area contributed by atoms with Crippen molar-refractivity contribution < 1.29 is 24.2 Å². The van der Waals surface area contributed by atoms with E-state index in [1.807, 2.05) is 25.1 Å². The molecule has 1 heterocycles. The third-order valence-electron chi connectivity index (χ3n) is 5.84. The number of hydrogen-bond acceptors (Lipinski definition) is 4. The van der Waals surface area contributed by atoms with Gasteiger partial charge in [-0.15, -0.1) is 0 Å². The smallest absolute Gasteiger partial charge is 0.344 e. The van der Waals surface area contributed by atoms with Crippen LogP contribution in [0.15, 0.2) is 36.4 Å². The second-order valence-electron chi connectivity index (χ2n) is 7.93. The minimum atomic E-state index is -0.974. The zero-order valence-electron chi connectivity index (χ0n) is 17.2. The summed E-state index contributed by atoms with van der Waals surface area (Å²) in [5, 5.41) is 11.2. The van der Waals surface area contributed by atoms with Crippen LogP contribution in [0.3, 0.4) is 0 Å². The summed E-state index contributed by atoms with van der Waals surface area (Å²) in [5.41, 5.74) is 2.07. The first kappa shape index (κ1) is 20.3. The maximum Gasteiger partial charge on any atom is 0.344 e. The minimum absolute atomic E-state index is 0.205. The van der Waals surface area contributed by atoms with Crippen molar-refractivity contribution in [2.75, 3.05) is 13.2 Å². The molecule has 0 saturated heterocycles. The van der Waals surface area contributed by atoms with E-state index < -0.39 is 11.9 Å². The molecule has 0 atom stereocenters. The molecule has 6 heteroatoms. The van der Waals surface area contributed by atoms with E-state index in [-0.39, 0.29) is 12.2 Å². The average Bonchev–Trinajstić information content (AvgIpc) is 3.37. The molecule has 1 fully saturated rings. The zero-order chi connectivity index (χ0) is 21.1. The maximum absolute atomic E-state index is 12.0. The highest BCUT2D eigenvalue weighted by Crippen LogP contribution is 2.39. The molecule has 0 bridgehead atoms. The largest absolute Gasteiger partial charge is 0.481 e. The Hall–Kier alpha value is -3.02. The number of carboxylic acids is 1. The van der Waals surface area contributed by atoms with Crippen molar-refractivity contribution in [3.63, 3.8) is 0 Å². The van der Waals surface area contributed by atoms with Crippen LogP contribution in [0.4, 0.5) is 0 Å². The SMILES string of the molecule is CCCOC(=O)COc1cccc2c1c1c(C(=O)O)cccc1n2CC1CCCC1. The first-order valence-corrected chi connectivity index (χ1v) is 10.7. The topological polar surface area (TPSA) is 77.8 Å². The molecule has 3 aromatic rings. The fourth-order valence-corrected chi connectivity index (χ4v) is 4.49. The number of aromatic nitrogens is 1. The zero-order valence-corrected chi connectivity index (χ0v) is 17.2. The summed E-state index contributed by atoms with van der Waals surface area (Å²) in [4.78, 5) is 23.9. The highest BCUT2D eigenvalue weighted by Gasteiger charge is 2.23. The minimum Gasteiger partial charge on any atom is -0.481 e. The third-order valence-corrected chi connectivity index (χ3v) is 5.84. The van der Waals surface area contributed by atoms with Gasteiger partial charge in [-0.05, 0) is 49.4 Å². The van der Waals surface area contributed by atoms with E-state index in [0.717, 1.165) is 29.4 Å². The molecular weight excluding hydrogens is 382 g/mol. The van der Waals surface area contributed by atoms with Gasteiger partial charge in [0.15, 0.2) is 6.61 Å². The van der Waals surface area contributed by atoms with Gasteiger partial charge in [-0.3, -0.25) is 0 Å². The predicted molar refractivity (Wildman–Crippen MR) is 115 cm³/mol. The number of benzene rings is 2. The summed E-state index contributed by atoms with van der Waals surface area (Å²) in [7, 11) is 0. The van der Waals surface area contributed by atoms with Gasteiger partial charge in [0.05, 0.1) is 28.6 Å². The Bertz CT molecular complexity index is 1080. The maximum atomic E-state index is 12.0. The van der Waals surface area contributed by atoms with Gasteiger partial charge in [0, 0.05) is 11.9 Å². The molecule has 158 valence electrons. The van der Waals surface area contributed by atoms with Crippen LogP contribution in [-0.4, -0.2) is 34.8 Å². The number of fused-ring (bicyclic) bond motifs is 3. The lowest BCUT2D eigenvalue weighted by molar-refractivity contribution is -0.145. The predicted octanol–water partition coefficient (Wildman–Crippen LogP) is 5.01. The Morgan fingerprint density at radius 2 is 1.77 bits per heavy atom. The molecule has 1 N–H and O–H groups in total. The van der Waals surface area contributed by atoms with E-state index >= 15 is 0 Å². The van der Waals surface area contributed by atoms with Gasteiger partial charge in [0.25, 0.3) is 0 Å². The molecule has 1 saturated carbocycles. The van der Waals surface area contributed by atoms with E-state index in [4.69, 9.17) is 9.47 Å². The first-order chi connectivity index (χ1) is 14.6. The molecule has 1 aliphatic rings. The molecule has 0 aliphatic heterocycles. The molecule has 4 rings (SSSR count). The summed E-state index contributed by atoms with van der Waals surface area (Å²) in [6.45, 7) is 2.94. The van der Waals surface area contributed by atoms with Crippen molar-refractivity contribution in [1.29, 1.82) is 0 Å². The van der Waals surface area contributed by atoms with Gasteiger partial charge in [0.2, 0.25) is 0 Å². The van der Waals surface area contributed by atoms with Crippen LogP contribution in [0.1, 0.15) is 49.4 Å². The van der Waals surface area contributed by atoms with Crippen LogP contribution < -0.4 is 4.74 Å². The normalized spacial score (nSPS) is 14.4. The van der Waals surface area contributed by atoms with Crippen LogP contribution in [0, 0.1) is 5.92 Å². The van der Waals surface area contributed by atoms with E-state index in [2.05, 4.69) is 4.57 Å². The first-order valence-electron chi connectivity index (χ1n) is 10.7. The van der Waals surface area contributed by atoms with Crippen molar-refractivity contribution >= 4 is 33.7 Å². The van der Waals surface area contributed by atoms with Gasteiger partial charge in [0.1, 0.15) is 5.75 Å². The summed E-state index contributed by atoms with van der Waals surface area (Å²) in [6, 6.07) is 11.1. The van der Waals surface area contributed by atoms with Crippen LogP contribution in [0.25, 0.3) is 21.8 Å². The molecule has 1 aromatic heterocycles. The summed E-state index contributed by atoms with van der Waals surface area (Å²) >= 11 is 0. The summed E-state index contributed by atoms with van der Waals surface area (Å²) in [5.74, 6) is -0.310. The van der Waals surface area contributed by atoms with Crippen molar-refractivity contribution in [3.05, 3.63) is 42.0 Å². The van der Waals surface area contributed by atoms with E-state index in [9.17, 15) is 14.7 Å². The van der Waals surface area contributed by atoms with Gasteiger partial charge >= 0.3 is 11.9 Å². The number of carboxylic acid groups (broad SMARTS) is 1. The molecular formula is C24H27NO5. The van der Waals surface area contributed by atoms with E-state index in [1.165, 1.54) is 25.7 Å². The Kier molecular flexibility index (Phi) is 5.93. The summed E-state index contributed by atoms with van der Waals surface area (Å²) in [6.07, 6.45) is 5.63. The second-order valence-corrected chi connectivity index (χ2v) is 7.93. The number of rotatable bonds is 8. The lowest BCUT2D eigenvalue weighted by Crippen LogP contribution is -2.15.